The summed E-state index contributed by atoms with van der Waals surface area (Å²) in [5, 5.41) is 9.58. The van der Waals surface area contributed by atoms with Crippen molar-refractivity contribution in [2.75, 3.05) is 0 Å². The molecule has 1 aromatic rings. The van der Waals surface area contributed by atoms with Crippen LogP contribution in [0, 0.1) is 0 Å². The molecule has 0 unspecified atom stereocenters. The molecule has 1 aromatic heterocycles. The standard InChI is InChI=1S/C9H12ClNO/c1-7(12)4-5-8-3-2-6-11-9(8)10/h2-3,6-7,12H,4-5H2,1H3/t7-/m0/s1. The molecule has 3 heteroatoms. The Morgan fingerprint density at radius 1 is 1.67 bits per heavy atom. The van der Waals surface area contributed by atoms with E-state index in [2.05, 4.69) is 4.98 Å². The number of rotatable bonds is 3. The molecule has 1 heterocycles. The lowest BCUT2D eigenvalue weighted by Gasteiger charge is -2.04. The highest BCUT2D eigenvalue weighted by molar-refractivity contribution is 6.30. The largest absolute Gasteiger partial charge is 0.393 e. The third kappa shape index (κ3) is 2.80. The highest BCUT2D eigenvalue weighted by Gasteiger charge is 2.01. The van der Waals surface area contributed by atoms with Crippen LogP contribution in [-0.2, 0) is 6.42 Å². The molecule has 66 valence electrons. The lowest BCUT2D eigenvalue weighted by Crippen LogP contribution is -2.01. The van der Waals surface area contributed by atoms with Crippen molar-refractivity contribution in [2.24, 2.45) is 0 Å². The van der Waals surface area contributed by atoms with Crippen LogP contribution in [-0.4, -0.2) is 16.2 Å². The van der Waals surface area contributed by atoms with E-state index in [1.54, 1.807) is 13.1 Å². The van der Waals surface area contributed by atoms with Gasteiger partial charge in [-0.2, -0.15) is 0 Å². The van der Waals surface area contributed by atoms with Gasteiger partial charge in [-0.25, -0.2) is 4.98 Å². The van der Waals surface area contributed by atoms with Crippen LogP contribution in [0.1, 0.15) is 18.9 Å². The summed E-state index contributed by atoms with van der Waals surface area (Å²) in [6.07, 6.45) is 2.89. The quantitative estimate of drug-likeness (QED) is 0.732. The van der Waals surface area contributed by atoms with E-state index in [0.29, 0.717) is 5.15 Å². The smallest absolute Gasteiger partial charge is 0.132 e. The molecule has 0 saturated heterocycles. The van der Waals surface area contributed by atoms with Crippen LogP contribution in [0.5, 0.6) is 0 Å². The van der Waals surface area contributed by atoms with Crippen molar-refractivity contribution >= 4 is 11.6 Å². The minimum atomic E-state index is -0.277. The number of aliphatic hydroxyl groups excluding tert-OH is 1. The van der Waals surface area contributed by atoms with Gasteiger partial charge in [0.05, 0.1) is 6.10 Å². The normalized spacial score (nSPS) is 12.9. The van der Waals surface area contributed by atoms with Crippen LogP contribution >= 0.6 is 11.6 Å². The number of halogens is 1. The number of aromatic nitrogens is 1. The molecule has 0 aliphatic rings. The summed E-state index contributed by atoms with van der Waals surface area (Å²) in [5.74, 6) is 0. The van der Waals surface area contributed by atoms with Crippen LogP contribution in [0.4, 0.5) is 0 Å². The Balaban J connectivity index is 2.57. The Kier molecular flexibility index (Phi) is 3.50. The van der Waals surface area contributed by atoms with E-state index in [1.807, 2.05) is 12.1 Å². The number of hydrogen-bond donors (Lipinski definition) is 1. The van der Waals surface area contributed by atoms with Crippen LogP contribution in [0.25, 0.3) is 0 Å². The summed E-state index contributed by atoms with van der Waals surface area (Å²) in [7, 11) is 0. The van der Waals surface area contributed by atoms with Crippen LogP contribution in [0.2, 0.25) is 5.15 Å². The van der Waals surface area contributed by atoms with Gasteiger partial charge in [-0.05, 0) is 31.4 Å². The van der Waals surface area contributed by atoms with E-state index >= 15 is 0 Å². The zero-order chi connectivity index (χ0) is 8.97. The van der Waals surface area contributed by atoms with E-state index in [1.165, 1.54) is 0 Å². The maximum Gasteiger partial charge on any atom is 0.132 e. The summed E-state index contributed by atoms with van der Waals surface area (Å²) in [4.78, 5) is 3.94. The Hall–Kier alpha value is -0.600. The van der Waals surface area contributed by atoms with Gasteiger partial charge >= 0.3 is 0 Å². The van der Waals surface area contributed by atoms with Gasteiger partial charge in [0.25, 0.3) is 0 Å². The molecule has 0 saturated carbocycles. The van der Waals surface area contributed by atoms with Gasteiger partial charge < -0.3 is 5.11 Å². The minimum Gasteiger partial charge on any atom is -0.393 e. The monoisotopic (exact) mass is 185 g/mol. The van der Waals surface area contributed by atoms with Crippen molar-refractivity contribution in [1.82, 2.24) is 4.98 Å². The molecule has 0 aliphatic carbocycles. The molecule has 1 atom stereocenters. The van der Waals surface area contributed by atoms with Crippen LogP contribution in [0.3, 0.4) is 0 Å². The van der Waals surface area contributed by atoms with Gasteiger partial charge in [0.1, 0.15) is 5.15 Å². The molecule has 1 N–H and O–H groups in total. The zero-order valence-corrected chi connectivity index (χ0v) is 7.75. The second-order valence-electron chi connectivity index (χ2n) is 2.84. The third-order valence-electron chi connectivity index (χ3n) is 1.67. The molecule has 1 rings (SSSR count). The second-order valence-corrected chi connectivity index (χ2v) is 3.20. The van der Waals surface area contributed by atoms with Gasteiger partial charge in [0.2, 0.25) is 0 Å². The predicted molar refractivity (Wildman–Crippen MR) is 49.2 cm³/mol. The third-order valence-corrected chi connectivity index (χ3v) is 2.01. The lowest BCUT2D eigenvalue weighted by atomic mass is 10.1. The number of aryl methyl sites for hydroxylation is 1. The van der Waals surface area contributed by atoms with Crippen LogP contribution in [0.15, 0.2) is 18.3 Å². The molecule has 12 heavy (non-hydrogen) atoms. The highest BCUT2D eigenvalue weighted by atomic mass is 35.5. The van der Waals surface area contributed by atoms with Crippen molar-refractivity contribution < 1.29 is 5.11 Å². The summed E-state index contributed by atoms with van der Waals surface area (Å²) in [5.41, 5.74) is 1.00. The fraction of sp³-hybridized carbons (Fsp3) is 0.444. The van der Waals surface area contributed by atoms with E-state index < -0.39 is 0 Å². The van der Waals surface area contributed by atoms with Crippen molar-refractivity contribution in [2.45, 2.75) is 25.9 Å². The van der Waals surface area contributed by atoms with Gasteiger partial charge in [-0.15, -0.1) is 0 Å². The van der Waals surface area contributed by atoms with E-state index in [4.69, 9.17) is 16.7 Å². The second kappa shape index (κ2) is 4.43. The Bertz CT molecular complexity index is 250. The average Bonchev–Trinajstić information content (AvgIpc) is 2.03. The van der Waals surface area contributed by atoms with Gasteiger partial charge in [0.15, 0.2) is 0 Å². The molecule has 2 nitrogen and oxygen atoms in total. The van der Waals surface area contributed by atoms with Gasteiger partial charge in [-0.3, -0.25) is 0 Å². The molecule has 0 radical (unpaired) electrons. The first-order valence-corrected chi connectivity index (χ1v) is 4.35. The summed E-state index contributed by atoms with van der Waals surface area (Å²) < 4.78 is 0. The number of nitrogens with zero attached hydrogens (tertiary/aromatic N) is 1. The molecule has 0 fully saturated rings. The number of hydrogen-bond acceptors (Lipinski definition) is 2. The van der Waals surface area contributed by atoms with Crippen molar-refractivity contribution in [3.8, 4) is 0 Å². The fourth-order valence-corrected chi connectivity index (χ4v) is 1.18. The van der Waals surface area contributed by atoms with Gasteiger partial charge in [0, 0.05) is 6.20 Å². The maximum atomic E-state index is 9.04. The number of aliphatic hydroxyl groups is 1. The first-order chi connectivity index (χ1) is 5.70. The van der Waals surface area contributed by atoms with Crippen molar-refractivity contribution in [1.29, 1.82) is 0 Å². The topological polar surface area (TPSA) is 33.1 Å². The zero-order valence-electron chi connectivity index (χ0n) is 7.00. The summed E-state index contributed by atoms with van der Waals surface area (Å²) >= 11 is 5.81. The number of pyridine rings is 1. The highest BCUT2D eigenvalue weighted by Crippen LogP contribution is 2.13. The van der Waals surface area contributed by atoms with Crippen molar-refractivity contribution in [3.05, 3.63) is 29.0 Å². The summed E-state index contributed by atoms with van der Waals surface area (Å²) in [6, 6.07) is 3.78. The van der Waals surface area contributed by atoms with Crippen molar-refractivity contribution in [3.63, 3.8) is 0 Å². The fourth-order valence-electron chi connectivity index (χ4n) is 0.970. The van der Waals surface area contributed by atoms with E-state index in [9.17, 15) is 0 Å². The molecule has 0 amide bonds. The Morgan fingerprint density at radius 3 is 3.00 bits per heavy atom. The predicted octanol–water partition coefficient (Wildman–Crippen LogP) is 2.05. The first kappa shape index (κ1) is 9.49. The Labute approximate surface area is 77.2 Å². The Morgan fingerprint density at radius 2 is 2.42 bits per heavy atom. The summed E-state index contributed by atoms with van der Waals surface area (Å²) in [6.45, 7) is 1.77. The van der Waals surface area contributed by atoms with E-state index in [0.717, 1.165) is 18.4 Å². The first-order valence-electron chi connectivity index (χ1n) is 3.97. The minimum absolute atomic E-state index is 0.277. The van der Waals surface area contributed by atoms with Gasteiger partial charge in [-0.1, -0.05) is 17.7 Å². The van der Waals surface area contributed by atoms with Crippen LogP contribution < -0.4 is 0 Å². The SMILES string of the molecule is C[C@H](O)CCc1cccnc1Cl. The molecular formula is C9H12ClNO. The average molecular weight is 186 g/mol. The lowest BCUT2D eigenvalue weighted by molar-refractivity contribution is 0.185. The van der Waals surface area contributed by atoms with E-state index in [-0.39, 0.29) is 6.10 Å². The molecule has 0 spiro atoms. The maximum absolute atomic E-state index is 9.04. The molecule has 0 bridgehead atoms. The molecule has 0 aromatic carbocycles. The molecule has 0 aliphatic heterocycles. The molecular weight excluding hydrogens is 174 g/mol.